The van der Waals surface area contributed by atoms with Crippen molar-refractivity contribution in [3.63, 3.8) is 0 Å². The number of hydrogen-bond donors (Lipinski definition) is 0. The molecular formula is C25H17Cl2N3O3. The van der Waals surface area contributed by atoms with Gasteiger partial charge >= 0.3 is 5.97 Å². The maximum atomic E-state index is 12.4. The van der Waals surface area contributed by atoms with Crippen molar-refractivity contribution in [1.82, 2.24) is 15.0 Å². The molecule has 0 amide bonds. The molecule has 0 N–H and O–H groups in total. The molecule has 0 radical (unpaired) electrons. The zero-order valence-electron chi connectivity index (χ0n) is 17.2. The highest BCUT2D eigenvalue weighted by Gasteiger charge is 2.14. The minimum atomic E-state index is -0.588. The summed E-state index contributed by atoms with van der Waals surface area (Å²) in [4.78, 5) is 24.3. The van der Waals surface area contributed by atoms with Crippen molar-refractivity contribution in [3.8, 4) is 16.9 Å². The summed E-state index contributed by atoms with van der Waals surface area (Å²) in [5.74, 6) is -0.908. The predicted octanol–water partition coefficient (Wildman–Crippen LogP) is 5.68. The SMILES string of the molecule is O=C(C=Cc1ccccc1)OCC(=O)c1ccc(-n2nncc2-c2cc(Cl)ccc2Cl)cc1. The Balaban J connectivity index is 1.42. The van der Waals surface area contributed by atoms with Crippen LogP contribution in [-0.4, -0.2) is 33.4 Å². The maximum Gasteiger partial charge on any atom is 0.331 e. The summed E-state index contributed by atoms with van der Waals surface area (Å²) in [6, 6.07) is 21.2. The van der Waals surface area contributed by atoms with Crippen LogP contribution in [0.3, 0.4) is 0 Å². The normalized spacial score (nSPS) is 11.0. The van der Waals surface area contributed by atoms with Crippen LogP contribution in [-0.2, 0) is 9.53 Å². The summed E-state index contributed by atoms with van der Waals surface area (Å²) in [5, 5.41) is 9.14. The summed E-state index contributed by atoms with van der Waals surface area (Å²) >= 11 is 12.4. The van der Waals surface area contributed by atoms with Gasteiger partial charge in [0.25, 0.3) is 0 Å². The molecule has 4 rings (SSSR count). The van der Waals surface area contributed by atoms with E-state index in [-0.39, 0.29) is 12.4 Å². The van der Waals surface area contributed by atoms with Crippen molar-refractivity contribution in [2.75, 3.05) is 6.61 Å². The molecule has 0 spiro atoms. The molecule has 0 bridgehead atoms. The van der Waals surface area contributed by atoms with Gasteiger partial charge in [0.05, 0.1) is 22.6 Å². The van der Waals surface area contributed by atoms with Gasteiger partial charge in [-0.1, -0.05) is 58.7 Å². The van der Waals surface area contributed by atoms with E-state index in [2.05, 4.69) is 10.3 Å². The monoisotopic (exact) mass is 477 g/mol. The Labute approximate surface area is 200 Å². The van der Waals surface area contributed by atoms with Gasteiger partial charge in [-0.25, -0.2) is 9.48 Å². The molecule has 1 heterocycles. The molecule has 3 aromatic carbocycles. The number of Topliss-reactive ketones (excluding diaryl/α,β-unsaturated/α-hetero) is 1. The molecule has 0 aliphatic heterocycles. The molecule has 33 heavy (non-hydrogen) atoms. The van der Waals surface area contributed by atoms with Gasteiger partial charge in [0.1, 0.15) is 0 Å². The molecule has 8 heteroatoms. The van der Waals surface area contributed by atoms with Gasteiger partial charge in [0.15, 0.2) is 12.4 Å². The molecule has 0 unspecified atom stereocenters. The van der Waals surface area contributed by atoms with Crippen molar-refractivity contribution >= 4 is 41.0 Å². The highest BCUT2D eigenvalue weighted by Crippen LogP contribution is 2.31. The van der Waals surface area contributed by atoms with Gasteiger partial charge in [0.2, 0.25) is 0 Å². The lowest BCUT2D eigenvalue weighted by Crippen LogP contribution is -2.12. The Morgan fingerprint density at radius 2 is 1.73 bits per heavy atom. The van der Waals surface area contributed by atoms with E-state index in [0.29, 0.717) is 32.6 Å². The number of halogens is 2. The molecule has 0 atom stereocenters. The number of carbonyl (C=O) groups excluding carboxylic acids is 2. The van der Waals surface area contributed by atoms with E-state index in [1.54, 1.807) is 59.4 Å². The lowest BCUT2D eigenvalue weighted by Gasteiger charge is -2.09. The molecular weight excluding hydrogens is 461 g/mol. The smallest absolute Gasteiger partial charge is 0.331 e. The number of aromatic nitrogens is 3. The standard InChI is InChI=1S/C25H17Cl2N3O3/c26-19-9-12-22(27)21(14-19)23-15-28-29-30(23)20-10-7-18(8-11-20)24(31)16-33-25(32)13-6-17-4-2-1-3-5-17/h1-15H,16H2. The van der Waals surface area contributed by atoms with E-state index >= 15 is 0 Å². The topological polar surface area (TPSA) is 74.1 Å². The zero-order chi connectivity index (χ0) is 23.2. The summed E-state index contributed by atoms with van der Waals surface area (Å²) < 4.78 is 6.65. The van der Waals surface area contributed by atoms with Crippen LogP contribution in [0.4, 0.5) is 0 Å². The second-order valence-corrected chi connectivity index (χ2v) is 7.82. The Morgan fingerprint density at radius 3 is 2.48 bits per heavy atom. The average Bonchev–Trinajstić information content (AvgIpc) is 3.33. The van der Waals surface area contributed by atoms with Crippen LogP contribution in [0.5, 0.6) is 0 Å². The first kappa shape index (κ1) is 22.5. The van der Waals surface area contributed by atoms with Gasteiger partial charge in [0, 0.05) is 22.2 Å². The number of rotatable bonds is 7. The summed E-state index contributed by atoms with van der Waals surface area (Å²) in [6.45, 7) is -0.357. The number of esters is 1. The van der Waals surface area contributed by atoms with E-state index in [4.69, 9.17) is 27.9 Å². The Bertz CT molecular complexity index is 1320. The van der Waals surface area contributed by atoms with Crippen LogP contribution in [0.1, 0.15) is 15.9 Å². The number of benzene rings is 3. The van der Waals surface area contributed by atoms with Crippen LogP contribution in [0, 0.1) is 0 Å². The lowest BCUT2D eigenvalue weighted by atomic mass is 10.1. The molecule has 6 nitrogen and oxygen atoms in total. The molecule has 0 aliphatic rings. The highest BCUT2D eigenvalue weighted by molar-refractivity contribution is 6.35. The number of nitrogens with zero attached hydrogens (tertiary/aromatic N) is 3. The maximum absolute atomic E-state index is 12.4. The third-order valence-corrected chi connectivity index (χ3v) is 5.31. The van der Waals surface area contributed by atoms with Crippen LogP contribution < -0.4 is 0 Å². The second kappa shape index (κ2) is 10.3. The number of ketones is 1. The lowest BCUT2D eigenvalue weighted by molar-refractivity contribution is -0.136. The number of ether oxygens (including phenoxy) is 1. The van der Waals surface area contributed by atoms with Crippen molar-refractivity contribution in [1.29, 1.82) is 0 Å². The summed E-state index contributed by atoms with van der Waals surface area (Å²) in [5.41, 5.74) is 3.28. The van der Waals surface area contributed by atoms with E-state index < -0.39 is 5.97 Å². The number of carbonyl (C=O) groups is 2. The van der Waals surface area contributed by atoms with Crippen LogP contribution in [0.15, 0.2) is 85.1 Å². The van der Waals surface area contributed by atoms with Gasteiger partial charge in [-0.05, 0) is 54.1 Å². The van der Waals surface area contributed by atoms with E-state index in [9.17, 15) is 9.59 Å². The first-order chi connectivity index (χ1) is 16.0. The minimum Gasteiger partial charge on any atom is -0.454 e. The Morgan fingerprint density at radius 1 is 0.970 bits per heavy atom. The quantitative estimate of drug-likeness (QED) is 0.194. The third kappa shape index (κ3) is 5.55. The Hall–Kier alpha value is -3.74. The highest BCUT2D eigenvalue weighted by atomic mass is 35.5. The van der Waals surface area contributed by atoms with E-state index in [0.717, 1.165) is 5.56 Å². The van der Waals surface area contributed by atoms with Gasteiger partial charge in [-0.3, -0.25) is 4.79 Å². The summed E-state index contributed by atoms with van der Waals surface area (Å²) in [7, 11) is 0. The fraction of sp³-hybridized carbons (Fsp3) is 0.0400. The molecule has 164 valence electrons. The molecule has 0 fully saturated rings. The van der Waals surface area contributed by atoms with Crippen molar-refractivity contribution < 1.29 is 14.3 Å². The van der Waals surface area contributed by atoms with Gasteiger partial charge in [-0.2, -0.15) is 0 Å². The van der Waals surface area contributed by atoms with E-state index in [1.165, 1.54) is 6.08 Å². The fourth-order valence-electron chi connectivity index (χ4n) is 3.09. The largest absolute Gasteiger partial charge is 0.454 e. The van der Waals surface area contributed by atoms with Crippen LogP contribution in [0.2, 0.25) is 10.0 Å². The first-order valence-electron chi connectivity index (χ1n) is 9.91. The van der Waals surface area contributed by atoms with E-state index in [1.807, 2.05) is 30.3 Å². The molecule has 1 aromatic heterocycles. The Kier molecular flexibility index (Phi) is 6.98. The number of hydrogen-bond acceptors (Lipinski definition) is 5. The third-order valence-electron chi connectivity index (χ3n) is 4.74. The predicted molar refractivity (Wildman–Crippen MR) is 128 cm³/mol. The molecule has 0 saturated heterocycles. The van der Waals surface area contributed by atoms with Crippen LogP contribution >= 0.6 is 23.2 Å². The fourth-order valence-corrected chi connectivity index (χ4v) is 3.47. The van der Waals surface area contributed by atoms with Gasteiger partial charge < -0.3 is 4.74 Å². The summed E-state index contributed by atoms with van der Waals surface area (Å²) in [6.07, 6.45) is 4.50. The second-order valence-electron chi connectivity index (χ2n) is 6.98. The minimum absolute atomic E-state index is 0.320. The zero-order valence-corrected chi connectivity index (χ0v) is 18.7. The molecule has 4 aromatic rings. The molecule has 0 saturated carbocycles. The average molecular weight is 478 g/mol. The van der Waals surface area contributed by atoms with Gasteiger partial charge in [-0.15, -0.1) is 5.10 Å². The van der Waals surface area contributed by atoms with Crippen molar-refractivity contribution in [3.05, 3.63) is 106 Å². The van der Waals surface area contributed by atoms with Crippen molar-refractivity contribution in [2.24, 2.45) is 0 Å². The van der Waals surface area contributed by atoms with Crippen LogP contribution in [0.25, 0.3) is 23.0 Å². The molecule has 0 aliphatic carbocycles. The van der Waals surface area contributed by atoms with Crippen molar-refractivity contribution in [2.45, 2.75) is 0 Å². The first-order valence-corrected chi connectivity index (χ1v) is 10.7.